The Kier molecular flexibility index (Phi) is 4.83. The summed E-state index contributed by atoms with van der Waals surface area (Å²) in [4.78, 5) is 25.5. The fourth-order valence-corrected chi connectivity index (χ4v) is 2.76. The van der Waals surface area contributed by atoms with Crippen molar-refractivity contribution in [2.45, 2.75) is 31.7 Å². The molecule has 1 fully saturated rings. The number of aliphatic carboxylic acids is 1. The summed E-state index contributed by atoms with van der Waals surface area (Å²) in [5, 5.41) is 12.1. The van der Waals surface area contributed by atoms with Crippen molar-refractivity contribution < 1.29 is 14.7 Å². The molecule has 114 valence electrons. The van der Waals surface area contributed by atoms with E-state index in [0.717, 1.165) is 24.9 Å². The lowest BCUT2D eigenvalue weighted by molar-refractivity contribution is -0.143. The van der Waals surface area contributed by atoms with E-state index in [1.165, 1.54) is 0 Å². The summed E-state index contributed by atoms with van der Waals surface area (Å²) in [7, 11) is 3.88. The minimum Gasteiger partial charge on any atom is -0.481 e. The first-order valence-electron chi connectivity index (χ1n) is 7.30. The standard InChI is InChI=1S/C16H22N2O3/c1-18(2)12-9-7-11(8-10-12)15(19)17-14-6-4-3-5-13(14)16(20)21/h7-10,13-14H,3-6H2,1-2H3,(H,17,19)(H,20,21). The highest BCUT2D eigenvalue weighted by Gasteiger charge is 2.31. The first-order chi connectivity index (χ1) is 9.99. The van der Waals surface area contributed by atoms with Crippen molar-refractivity contribution in [2.75, 3.05) is 19.0 Å². The van der Waals surface area contributed by atoms with Gasteiger partial charge >= 0.3 is 5.97 Å². The number of carbonyl (C=O) groups excluding carboxylic acids is 1. The Hall–Kier alpha value is -2.04. The third-order valence-electron chi connectivity index (χ3n) is 4.05. The molecule has 5 heteroatoms. The number of anilines is 1. The largest absolute Gasteiger partial charge is 0.481 e. The van der Waals surface area contributed by atoms with Gasteiger partial charge in [-0.1, -0.05) is 12.8 Å². The zero-order valence-corrected chi connectivity index (χ0v) is 12.5. The lowest BCUT2D eigenvalue weighted by Gasteiger charge is -2.29. The van der Waals surface area contributed by atoms with Crippen LogP contribution in [0.5, 0.6) is 0 Å². The summed E-state index contributed by atoms with van der Waals surface area (Å²) < 4.78 is 0. The number of carbonyl (C=O) groups is 2. The van der Waals surface area contributed by atoms with Gasteiger partial charge in [0.2, 0.25) is 0 Å². The fraction of sp³-hybridized carbons (Fsp3) is 0.500. The Balaban J connectivity index is 2.04. The number of carboxylic acid groups (broad SMARTS) is 1. The van der Waals surface area contributed by atoms with Gasteiger partial charge in [0.25, 0.3) is 5.91 Å². The second-order valence-corrected chi connectivity index (χ2v) is 5.75. The number of amides is 1. The number of hydrogen-bond donors (Lipinski definition) is 2. The van der Waals surface area contributed by atoms with Crippen LogP contribution in [0.25, 0.3) is 0 Å². The summed E-state index contributed by atoms with van der Waals surface area (Å²) in [5.41, 5.74) is 1.59. The molecule has 21 heavy (non-hydrogen) atoms. The van der Waals surface area contributed by atoms with Gasteiger partial charge in [-0.15, -0.1) is 0 Å². The molecular weight excluding hydrogens is 268 g/mol. The van der Waals surface area contributed by atoms with E-state index in [-0.39, 0.29) is 11.9 Å². The first-order valence-corrected chi connectivity index (χ1v) is 7.30. The van der Waals surface area contributed by atoms with Gasteiger partial charge < -0.3 is 15.3 Å². The molecule has 1 aliphatic carbocycles. The van der Waals surface area contributed by atoms with E-state index >= 15 is 0 Å². The minimum absolute atomic E-state index is 0.196. The van der Waals surface area contributed by atoms with Crippen LogP contribution in [0.3, 0.4) is 0 Å². The molecule has 0 aromatic heterocycles. The maximum Gasteiger partial charge on any atom is 0.308 e. The second kappa shape index (κ2) is 6.61. The SMILES string of the molecule is CN(C)c1ccc(C(=O)NC2CCCCC2C(=O)O)cc1. The van der Waals surface area contributed by atoms with Crippen LogP contribution in [0.2, 0.25) is 0 Å². The zero-order valence-electron chi connectivity index (χ0n) is 12.5. The third kappa shape index (κ3) is 3.74. The summed E-state index contributed by atoms with van der Waals surface area (Å²) in [5.74, 6) is -1.48. The highest BCUT2D eigenvalue weighted by Crippen LogP contribution is 2.25. The molecule has 5 nitrogen and oxygen atoms in total. The molecule has 0 bridgehead atoms. The molecule has 0 aliphatic heterocycles. The Morgan fingerprint density at radius 2 is 1.76 bits per heavy atom. The van der Waals surface area contributed by atoms with Gasteiger partial charge in [0, 0.05) is 31.4 Å². The molecular formula is C16H22N2O3. The van der Waals surface area contributed by atoms with Crippen LogP contribution >= 0.6 is 0 Å². The zero-order chi connectivity index (χ0) is 15.4. The quantitative estimate of drug-likeness (QED) is 0.891. The number of hydrogen-bond acceptors (Lipinski definition) is 3. The third-order valence-corrected chi connectivity index (χ3v) is 4.05. The van der Waals surface area contributed by atoms with E-state index in [9.17, 15) is 14.7 Å². The van der Waals surface area contributed by atoms with E-state index in [0.29, 0.717) is 12.0 Å². The molecule has 0 spiro atoms. The van der Waals surface area contributed by atoms with Crippen LogP contribution in [-0.2, 0) is 4.79 Å². The molecule has 0 saturated heterocycles. The van der Waals surface area contributed by atoms with E-state index in [4.69, 9.17) is 0 Å². The normalized spacial score (nSPS) is 21.6. The number of nitrogens with zero attached hydrogens (tertiary/aromatic N) is 1. The number of rotatable bonds is 4. The smallest absolute Gasteiger partial charge is 0.308 e. The fourth-order valence-electron chi connectivity index (χ4n) is 2.76. The van der Waals surface area contributed by atoms with Crippen molar-refractivity contribution in [2.24, 2.45) is 5.92 Å². The van der Waals surface area contributed by atoms with Crippen LogP contribution in [0.15, 0.2) is 24.3 Å². The van der Waals surface area contributed by atoms with Crippen molar-refractivity contribution in [3.63, 3.8) is 0 Å². The average molecular weight is 290 g/mol. The van der Waals surface area contributed by atoms with Gasteiger partial charge in [0.05, 0.1) is 5.92 Å². The van der Waals surface area contributed by atoms with Gasteiger partial charge in [-0.2, -0.15) is 0 Å². The van der Waals surface area contributed by atoms with Gasteiger partial charge in [-0.25, -0.2) is 0 Å². The van der Waals surface area contributed by atoms with Crippen LogP contribution in [0, 0.1) is 5.92 Å². The molecule has 2 atom stereocenters. The summed E-state index contributed by atoms with van der Waals surface area (Å²) in [6, 6.07) is 7.03. The van der Waals surface area contributed by atoms with Gasteiger partial charge in [-0.05, 0) is 37.1 Å². The van der Waals surface area contributed by atoms with Crippen LogP contribution in [0.4, 0.5) is 5.69 Å². The lowest BCUT2D eigenvalue weighted by Crippen LogP contribution is -2.45. The average Bonchev–Trinajstić information content (AvgIpc) is 2.47. The Morgan fingerprint density at radius 1 is 1.14 bits per heavy atom. The molecule has 1 saturated carbocycles. The van der Waals surface area contributed by atoms with Crippen molar-refractivity contribution in [3.8, 4) is 0 Å². The van der Waals surface area contributed by atoms with Gasteiger partial charge in [0.1, 0.15) is 0 Å². The highest BCUT2D eigenvalue weighted by molar-refractivity contribution is 5.95. The van der Waals surface area contributed by atoms with E-state index in [1.54, 1.807) is 12.1 Å². The Morgan fingerprint density at radius 3 is 2.33 bits per heavy atom. The predicted molar refractivity (Wildman–Crippen MR) is 81.6 cm³/mol. The number of carboxylic acids is 1. The van der Waals surface area contributed by atoms with Crippen molar-refractivity contribution >= 4 is 17.6 Å². The van der Waals surface area contributed by atoms with Gasteiger partial charge in [-0.3, -0.25) is 9.59 Å². The number of nitrogens with one attached hydrogen (secondary N) is 1. The topological polar surface area (TPSA) is 69.6 Å². The van der Waals surface area contributed by atoms with E-state index < -0.39 is 11.9 Å². The summed E-state index contributed by atoms with van der Waals surface area (Å²) in [6.07, 6.45) is 3.26. The molecule has 1 aromatic carbocycles. The second-order valence-electron chi connectivity index (χ2n) is 5.75. The molecule has 2 unspecified atom stereocenters. The van der Waals surface area contributed by atoms with Crippen molar-refractivity contribution in [1.29, 1.82) is 0 Å². The van der Waals surface area contributed by atoms with Crippen molar-refractivity contribution in [3.05, 3.63) is 29.8 Å². The van der Waals surface area contributed by atoms with Gasteiger partial charge in [0.15, 0.2) is 0 Å². The molecule has 1 amide bonds. The van der Waals surface area contributed by atoms with E-state index in [2.05, 4.69) is 5.32 Å². The van der Waals surface area contributed by atoms with Crippen LogP contribution in [-0.4, -0.2) is 37.1 Å². The van der Waals surface area contributed by atoms with E-state index in [1.807, 2.05) is 31.1 Å². The molecule has 1 aromatic rings. The summed E-state index contributed by atoms with van der Waals surface area (Å²) in [6.45, 7) is 0. The predicted octanol–water partition coefficient (Wildman–Crippen LogP) is 2.13. The molecule has 2 rings (SSSR count). The maximum atomic E-state index is 12.2. The monoisotopic (exact) mass is 290 g/mol. The molecule has 1 aliphatic rings. The van der Waals surface area contributed by atoms with Crippen LogP contribution < -0.4 is 10.2 Å². The molecule has 0 heterocycles. The number of benzene rings is 1. The molecule has 2 N–H and O–H groups in total. The summed E-state index contributed by atoms with van der Waals surface area (Å²) >= 11 is 0. The maximum absolute atomic E-state index is 12.2. The lowest BCUT2D eigenvalue weighted by atomic mass is 9.84. The Labute approximate surface area is 125 Å². The minimum atomic E-state index is -0.817. The van der Waals surface area contributed by atoms with Crippen molar-refractivity contribution in [1.82, 2.24) is 5.32 Å². The molecule has 0 radical (unpaired) electrons. The van der Waals surface area contributed by atoms with Crippen LogP contribution in [0.1, 0.15) is 36.0 Å². The Bertz CT molecular complexity index is 511. The first kappa shape index (κ1) is 15.4. The highest BCUT2D eigenvalue weighted by atomic mass is 16.4.